The number of rotatable bonds is 4. The minimum absolute atomic E-state index is 0.00183. The average molecular weight is 314 g/mol. The fraction of sp³-hybridized carbons (Fsp3) is 0.524. The Morgan fingerprint density at radius 2 is 1.78 bits per heavy atom. The van der Waals surface area contributed by atoms with Crippen LogP contribution in [0.4, 0.5) is 0 Å². The van der Waals surface area contributed by atoms with Gasteiger partial charge in [0.25, 0.3) is 0 Å². The van der Waals surface area contributed by atoms with Crippen LogP contribution in [0.1, 0.15) is 70.1 Å². The van der Waals surface area contributed by atoms with Gasteiger partial charge in [-0.2, -0.15) is 0 Å². The van der Waals surface area contributed by atoms with Crippen LogP contribution in [0.15, 0.2) is 36.4 Å². The molecule has 0 bridgehead atoms. The van der Waals surface area contributed by atoms with Crippen LogP contribution < -0.4 is 0 Å². The summed E-state index contributed by atoms with van der Waals surface area (Å²) in [7, 11) is 0. The molecule has 0 saturated carbocycles. The second-order valence-corrected chi connectivity index (χ2v) is 8.52. The van der Waals surface area contributed by atoms with Crippen molar-refractivity contribution in [3.05, 3.63) is 53.1 Å². The minimum Gasteiger partial charge on any atom is -0.507 e. The molecule has 2 rings (SSSR count). The van der Waals surface area contributed by atoms with E-state index in [0.717, 1.165) is 29.5 Å². The van der Waals surface area contributed by atoms with Crippen LogP contribution in [0.2, 0.25) is 0 Å². The minimum atomic E-state index is -0.156. The van der Waals surface area contributed by atoms with Gasteiger partial charge in [-0.05, 0) is 41.4 Å². The van der Waals surface area contributed by atoms with Gasteiger partial charge in [0.15, 0.2) is 0 Å². The molecule has 0 heterocycles. The van der Waals surface area contributed by atoms with E-state index < -0.39 is 0 Å². The van der Waals surface area contributed by atoms with Crippen LogP contribution in [-0.4, -0.2) is 10.2 Å². The largest absolute Gasteiger partial charge is 0.507 e. The first kappa shape index (κ1) is 17.8. The van der Waals surface area contributed by atoms with Crippen molar-refractivity contribution in [2.45, 2.75) is 65.4 Å². The van der Waals surface area contributed by atoms with Crippen molar-refractivity contribution in [3.63, 3.8) is 0 Å². The van der Waals surface area contributed by atoms with Crippen LogP contribution >= 0.6 is 0 Å². The molecule has 1 aromatic rings. The fourth-order valence-corrected chi connectivity index (χ4v) is 3.84. The molecular formula is C21H30O2. The maximum absolute atomic E-state index is 11.0. The van der Waals surface area contributed by atoms with Gasteiger partial charge in [0.05, 0.1) is 6.61 Å². The number of phenolic OH excluding ortho intramolecular Hbond substituents is 1. The molecule has 0 radical (unpaired) electrons. The van der Waals surface area contributed by atoms with Crippen LogP contribution in [0.25, 0.3) is 0 Å². The first-order valence-electron chi connectivity index (χ1n) is 8.44. The number of aromatic hydroxyl groups is 1. The molecule has 0 fully saturated rings. The summed E-state index contributed by atoms with van der Waals surface area (Å²) in [6, 6.07) is 3.91. The Morgan fingerprint density at radius 3 is 2.30 bits per heavy atom. The third kappa shape index (κ3) is 4.26. The predicted octanol–water partition coefficient (Wildman–Crippen LogP) is 5.20. The summed E-state index contributed by atoms with van der Waals surface area (Å²) in [6.45, 7) is 11.0. The Kier molecular flexibility index (Phi) is 5.05. The van der Waals surface area contributed by atoms with Gasteiger partial charge in [-0.25, -0.2) is 0 Å². The van der Waals surface area contributed by atoms with Crippen LogP contribution in [-0.2, 0) is 12.0 Å². The summed E-state index contributed by atoms with van der Waals surface area (Å²) in [5.74, 6) is 0.567. The quantitative estimate of drug-likeness (QED) is 0.802. The van der Waals surface area contributed by atoms with Gasteiger partial charge < -0.3 is 10.2 Å². The van der Waals surface area contributed by atoms with Gasteiger partial charge >= 0.3 is 0 Å². The van der Waals surface area contributed by atoms with E-state index in [1.165, 1.54) is 0 Å². The first-order valence-corrected chi connectivity index (χ1v) is 8.44. The Balaban J connectivity index is 2.51. The first-order chi connectivity index (χ1) is 10.6. The Morgan fingerprint density at radius 1 is 1.09 bits per heavy atom. The lowest BCUT2D eigenvalue weighted by atomic mass is 9.71. The summed E-state index contributed by atoms with van der Waals surface area (Å²) < 4.78 is 0. The molecule has 2 N–H and O–H groups in total. The zero-order valence-corrected chi connectivity index (χ0v) is 15.1. The van der Waals surface area contributed by atoms with Gasteiger partial charge in [0.1, 0.15) is 5.75 Å². The Labute approximate surface area is 140 Å². The van der Waals surface area contributed by atoms with E-state index in [1.807, 2.05) is 24.3 Å². The summed E-state index contributed by atoms with van der Waals surface area (Å²) in [5, 5.41) is 20.6. The molecular weight excluding hydrogens is 284 g/mol. The molecule has 2 heteroatoms. The zero-order valence-electron chi connectivity index (χ0n) is 15.1. The van der Waals surface area contributed by atoms with E-state index in [4.69, 9.17) is 0 Å². The maximum Gasteiger partial charge on any atom is 0.123 e. The van der Waals surface area contributed by atoms with Crippen molar-refractivity contribution in [2.75, 3.05) is 0 Å². The molecule has 23 heavy (non-hydrogen) atoms. The number of hydrogen-bond acceptors (Lipinski definition) is 2. The van der Waals surface area contributed by atoms with Crippen LogP contribution in [0.5, 0.6) is 5.75 Å². The molecule has 1 aliphatic rings. The lowest BCUT2D eigenvalue weighted by Gasteiger charge is -2.34. The number of aliphatic hydroxyl groups is 1. The fourth-order valence-electron chi connectivity index (χ4n) is 3.84. The average Bonchev–Trinajstić information content (AvgIpc) is 2.45. The second kappa shape index (κ2) is 6.52. The number of phenols is 1. The summed E-state index contributed by atoms with van der Waals surface area (Å²) in [5.41, 5.74) is 2.75. The molecule has 1 atom stereocenters. The topological polar surface area (TPSA) is 40.5 Å². The maximum atomic E-state index is 11.0. The monoisotopic (exact) mass is 314 g/mol. The number of benzene rings is 1. The van der Waals surface area contributed by atoms with Gasteiger partial charge in [-0.15, -0.1) is 0 Å². The van der Waals surface area contributed by atoms with Crippen molar-refractivity contribution >= 4 is 0 Å². The van der Waals surface area contributed by atoms with Gasteiger partial charge in [-0.1, -0.05) is 58.9 Å². The molecule has 0 amide bonds. The van der Waals surface area contributed by atoms with E-state index in [0.29, 0.717) is 5.75 Å². The highest BCUT2D eigenvalue weighted by atomic mass is 16.3. The van der Waals surface area contributed by atoms with Crippen molar-refractivity contribution < 1.29 is 10.2 Å². The lowest BCUT2D eigenvalue weighted by Crippen LogP contribution is -2.25. The van der Waals surface area contributed by atoms with Gasteiger partial charge in [0, 0.05) is 17.0 Å². The predicted molar refractivity (Wildman–Crippen MR) is 96.8 cm³/mol. The van der Waals surface area contributed by atoms with Gasteiger partial charge in [0.2, 0.25) is 0 Å². The molecule has 1 unspecified atom stereocenters. The van der Waals surface area contributed by atoms with E-state index in [-0.39, 0.29) is 23.4 Å². The standard InChI is InChI=1S/C21H30O2/c1-20(2,3)14-21(4,5)18-12-15(13-22)11-17(19(18)23)16-9-7-6-8-10-16/h6-9,11-12,16,22-23H,10,13-14H2,1-5H3. The summed E-state index contributed by atoms with van der Waals surface area (Å²) in [6.07, 6.45) is 10.2. The Hall–Kier alpha value is -1.54. The second-order valence-electron chi connectivity index (χ2n) is 8.52. The highest BCUT2D eigenvalue weighted by Crippen LogP contribution is 2.44. The summed E-state index contributed by atoms with van der Waals surface area (Å²) in [4.78, 5) is 0. The van der Waals surface area contributed by atoms with E-state index >= 15 is 0 Å². The van der Waals surface area contributed by atoms with Gasteiger partial charge in [-0.3, -0.25) is 0 Å². The molecule has 0 aliphatic heterocycles. The van der Waals surface area contributed by atoms with Crippen molar-refractivity contribution in [1.82, 2.24) is 0 Å². The molecule has 126 valence electrons. The van der Waals surface area contributed by atoms with Crippen molar-refractivity contribution in [1.29, 1.82) is 0 Å². The highest BCUT2D eigenvalue weighted by Gasteiger charge is 2.31. The van der Waals surface area contributed by atoms with Crippen molar-refractivity contribution in [2.24, 2.45) is 5.41 Å². The zero-order chi connectivity index (χ0) is 17.3. The lowest BCUT2D eigenvalue weighted by molar-refractivity contribution is 0.272. The van der Waals surface area contributed by atoms with Crippen molar-refractivity contribution in [3.8, 4) is 5.75 Å². The third-order valence-electron chi connectivity index (χ3n) is 4.46. The normalized spacial score (nSPS) is 18.4. The molecule has 0 saturated heterocycles. The SMILES string of the molecule is CC(C)(C)CC(C)(C)c1cc(CO)cc(C2C=CC=CC2)c1O. The Bertz CT molecular complexity index is 615. The van der Waals surface area contributed by atoms with E-state index in [2.05, 4.69) is 46.8 Å². The number of aliphatic hydroxyl groups excluding tert-OH is 1. The number of allylic oxidation sites excluding steroid dienone is 4. The molecule has 0 aromatic heterocycles. The molecule has 2 nitrogen and oxygen atoms in total. The summed E-state index contributed by atoms with van der Waals surface area (Å²) >= 11 is 0. The number of hydrogen-bond donors (Lipinski definition) is 2. The van der Waals surface area contributed by atoms with Crippen LogP contribution in [0.3, 0.4) is 0 Å². The molecule has 1 aliphatic carbocycles. The third-order valence-corrected chi connectivity index (χ3v) is 4.46. The smallest absolute Gasteiger partial charge is 0.123 e. The van der Waals surface area contributed by atoms with Crippen LogP contribution in [0, 0.1) is 5.41 Å². The highest BCUT2D eigenvalue weighted by molar-refractivity contribution is 5.50. The molecule has 0 spiro atoms. The van der Waals surface area contributed by atoms with E-state index in [1.54, 1.807) is 0 Å². The van der Waals surface area contributed by atoms with E-state index in [9.17, 15) is 10.2 Å². The molecule has 1 aromatic carbocycles.